The van der Waals surface area contributed by atoms with Crippen LogP contribution < -0.4 is 9.80 Å². The summed E-state index contributed by atoms with van der Waals surface area (Å²) in [6.07, 6.45) is 0. The highest BCUT2D eigenvalue weighted by Crippen LogP contribution is 2.39. The number of nitro groups is 2. The number of carbonyl (C=O) groups is 1. The molecule has 1 heterocycles. The van der Waals surface area contributed by atoms with Crippen LogP contribution in [0.25, 0.3) is 0 Å². The number of nitro benzene ring substituents is 2. The Hall–Kier alpha value is -3.69. The lowest BCUT2D eigenvalue weighted by Gasteiger charge is -2.36. The van der Waals surface area contributed by atoms with E-state index in [1.165, 1.54) is 0 Å². The van der Waals surface area contributed by atoms with Gasteiger partial charge in [0.2, 0.25) is 0 Å². The molecule has 0 N–H and O–H groups in total. The average molecular weight is 386 g/mol. The molecule has 1 fully saturated rings. The second-order valence-electron chi connectivity index (χ2n) is 6.18. The van der Waals surface area contributed by atoms with Gasteiger partial charge in [-0.25, -0.2) is 4.79 Å². The molecule has 1 aliphatic heterocycles. The number of rotatable bonds is 5. The van der Waals surface area contributed by atoms with Gasteiger partial charge in [-0.15, -0.1) is 0 Å². The summed E-state index contributed by atoms with van der Waals surface area (Å²) in [7, 11) is 1.11. The first-order valence-corrected chi connectivity index (χ1v) is 8.52. The van der Waals surface area contributed by atoms with Crippen LogP contribution in [0.5, 0.6) is 0 Å². The third-order valence-corrected chi connectivity index (χ3v) is 4.60. The van der Waals surface area contributed by atoms with Crippen LogP contribution in [0.3, 0.4) is 0 Å². The van der Waals surface area contributed by atoms with Crippen LogP contribution in [0.4, 0.5) is 22.7 Å². The molecule has 0 spiro atoms. The number of benzene rings is 2. The molecule has 0 bridgehead atoms. The van der Waals surface area contributed by atoms with E-state index in [1.807, 2.05) is 30.3 Å². The number of methoxy groups -OCH3 is 1. The minimum Gasteiger partial charge on any atom is -0.465 e. The smallest absolute Gasteiger partial charge is 0.338 e. The number of para-hydroxylation sites is 1. The minimum atomic E-state index is -0.869. The molecule has 0 aliphatic carbocycles. The fourth-order valence-electron chi connectivity index (χ4n) is 3.27. The van der Waals surface area contributed by atoms with Crippen molar-refractivity contribution in [2.24, 2.45) is 0 Å². The van der Waals surface area contributed by atoms with Crippen molar-refractivity contribution in [3.05, 3.63) is 68.3 Å². The summed E-state index contributed by atoms with van der Waals surface area (Å²) in [6.45, 7) is 1.84. The van der Waals surface area contributed by atoms with Crippen molar-refractivity contribution >= 4 is 28.7 Å². The molecule has 2 aromatic carbocycles. The fraction of sp³-hybridized carbons (Fsp3) is 0.278. The van der Waals surface area contributed by atoms with Crippen molar-refractivity contribution < 1.29 is 19.4 Å². The Bertz CT molecular complexity index is 875. The van der Waals surface area contributed by atoms with Gasteiger partial charge in [0, 0.05) is 44.0 Å². The average Bonchev–Trinajstić information content (AvgIpc) is 2.72. The van der Waals surface area contributed by atoms with Gasteiger partial charge < -0.3 is 14.5 Å². The van der Waals surface area contributed by atoms with E-state index in [1.54, 1.807) is 4.90 Å². The number of hydrogen-bond acceptors (Lipinski definition) is 8. The maximum atomic E-state index is 11.8. The first-order chi connectivity index (χ1) is 13.4. The summed E-state index contributed by atoms with van der Waals surface area (Å²) < 4.78 is 4.55. The Morgan fingerprint density at radius 1 is 0.929 bits per heavy atom. The number of piperazine rings is 1. The number of carbonyl (C=O) groups excluding carboxylic acids is 1. The second kappa shape index (κ2) is 7.91. The number of esters is 1. The topological polar surface area (TPSA) is 119 Å². The van der Waals surface area contributed by atoms with Gasteiger partial charge in [0.15, 0.2) is 5.69 Å². The minimum absolute atomic E-state index is 0.0876. The van der Waals surface area contributed by atoms with Gasteiger partial charge in [-0.05, 0) is 12.1 Å². The fourth-order valence-corrected chi connectivity index (χ4v) is 3.27. The van der Waals surface area contributed by atoms with E-state index in [0.29, 0.717) is 26.2 Å². The first kappa shape index (κ1) is 19.1. The van der Waals surface area contributed by atoms with Gasteiger partial charge in [0.05, 0.1) is 22.5 Å². The first-order valence-electron chi connectivity index (χ1n) is 8.52. The highest BCUT2D eigenvalue weighted by Gasteiger charge is 2.34. The predicted octanol–water partition coefficient (Wildman–Crippen LogP) is 2.62. The highest BCUT2D eigenvalue weighted by molar-refractivity contribution is 5.94. The van der Waals surface area contributed by atoms with Crippen LogP contribution in [0, 0.1) is 20.2 Å². The summed E-state index contributed by atoms with van der Waals surface area (Å²) in [5.41, 5.74) is -0.263. The monoisotopic (exact) mass is 386 g/mol. The van der Waals surface area contributed by atoms with Crippen molar-refractivity contribution in [1.82, 2.24) is 0 Å². The van der Waals surface area contributed by atoms with Crippen LogP contribution in [-0.4, -0.2) is 49.1 Å². The van der Waals surface area contributed by atoms with E-state index >= 15 is 0 Å². The van der Waals surface area contributed by atoms with E-state index < -0.39 is 27.2 Å². The van der Waals surface area contributed by atoms with E-state index in [4.69, 9.17) is 0 Å². The Kier molecular flexibility index (Phi) is 5.39. The van der Waals surface area contributed by atoms with Crippen LogP contribution in [-0.2, 0) is 4.74 Å². The molecule has 1 saturated heterocycles. The number of hydrogen-bond donors (Lipinski definition) is 0. The van der Waals surface area contributed by atoms with Gasteiger partial charge in [0.25, 0.3) is 0 Å². The van der Waals surface area contributed by atoms with Gasteiger partial charge in [0.1, 0.15) is 0 Å². The molecular formula is C18H18N4O6. The predicted molar refractivity (Wildman–Crippen MR) is 102 cm³/mol. The number of nitrogens with zero attached hydrogens (tertiary/aromatic N) is 4. The molecule has 0 amide bonds. The Balaban J connectivity index is 1.96. The third-order valence-electron chi connectivity index (χ3n) is 4.60. The SMILES string of the molecule is COC(=O)c1cc([N+](=O)[O-])c(N2CCN(c3ccccc3)CC2)c([N+](=O)[O-])c1. The molecule has 0 atom stereocenters. The van der Waals surface area contributed by atoms with Gasteiger partial charge in [-0.2, -0.15) is 0 Å². The molecular weight excluding hydrogens is 368 g/mol. The molecule has 2 aromatic rings. The molecule has 0 saturated carbocycles. The molecule has 28 heavy (non-hydrogen) atoms. The molecule has 1 aliphatic rings. The van der Waals surface area contributed by atoms with E-state index in [2.05, 4.69) is 9.64 Å². The van der Waals surface area contributed by atoms with Gasteiger partial charge in [-0.1, -0.05) is 18.2 Å². The van der Waals surface area contributed by atoms with Gasteiger partial charge >= 0.3 is 17.3 Å². The van der Waals surface area contributed by atoms with Crippen LogP contribution >= 0.6 is 0 Å². The van der Waals surface area contributed by atoms with Crippen molar-refractivity contribution in [3.8, 4) is 0 Å². The van der Waals surface area contributed by atoms with Crippen molar-refractivity contribution in [3.63, 3.8) is 0 Å². The summed E-state index contributed by atoms with van der Waals surface area (Å²) in [5.74, 6) is -0.869. The maximum Gasteiger partial charge on any atom is 0.338 e. The van der Waals surface area contributed by atoms with E-state index in [-0.39, 0.29) is 11.3 Å². The molecule has 0 unspecified atom stereocenters. The summed E-state index contributed by atoms with van der Waals surface area (Å²) >= 11 is 0. The Morgan fingerprint density at radius 2 is 1.43 bits per heavy atom. The van der Waals surface area contributed by atoms with Crippen molar-refractivity contribution in [1.29, 1.82) is 0 Å². The highest BCUT2D eigenvalue weighted by atomic mass is 16.6. The lowest BCUT2D eigenvalue weighted by atomic mass is 10.1. The summed E-state index contributed by atoms with van der Waals surface area (Å²) in [6, 6.07) is 11.7. The zero-order chi connectivity index (χ0) is 20.3. The molecule has 0 radical (unpaired) electrons. The van der Waals surface area contributed by atoms with Crippen LogP contribution in [0.15, 0.2) is 42.5 Å². The zero-order valence-corrected chi connectivity index (χ0v) is 15.1. The van der Waals surface area contributed by atoms with Crippen LogP contribution in [0.2, 0.25) is 0 Å². The molecule has 146 valence electrons. The normalized spacial score (nSPS) is 13.9. The molecule has 10 nitrogen and oxygen atoms in total. The van der Waals surface area contributed by atoms with E-state index in [9.17, 15) is 25.0 Å². The summed E-state index contributed by atoms with van der Waals surface area (Å²) in [4.78, 5) is 37.2. The lowest BCUT2D eigenvalue weighted by molar-refractivity contribution is -0.392. The van der Waals surface area contributed by atoms with E-state index in [0.717, 1.165) is 24.9 Å². The Morgan fingerprint density at radius 3 is 1.89 bits per heavy atom. The van der Waals surface area contributed by atoms with Crippen molar-refractivity contribution in [2.45, 2.75) is 0 Å². The number of anilines is 2. The third kappa shape index (κ3) is 3.70. The molecule has 10 heteroatoms. The van der Waals surface area contributed by atoms with Crippen molar-refractivity contribution in [2.75, 3.05) is 43.1 Å². The largest absolute Gasteiger partial charge is 0.465 e. The molecule has 3 rings (SSSR count). The van der Waals surface area contributed by atoms with Gasteiger partial charge in [-0.3, -0.25) is 20.2 Å². The Labute approximate surface area is 160 Å². The zero-order valence-electron chi connectivity index (χ0n) is 15.1. The second-order valence-corrected chi connectivity index (χ2v) is 6.18. The maximum absolute atomic E-state index is 11.8. The standard InChI is InChI=1S/C18H18N4O6/c1-28-18(23)13-11-15(21(24)25)17(16(12-13)22(26)27)20-9-7-19(8-10-20)14-5-3-2-4-6-14/h2-6,11-12H,7-10H2,1H3. The quantitative estimate of drug-likeness (QED) is 0.437. The summed E-state index contributed by atoms with van der Waals surface area (Å²) in [5, 5.41) is 23.2. The number of ether oxygens (including phenoxy) is 1. The lowest BCUT2D eigenvalue weighted by Crippen LogP contribution is -2.46. The molecule has 0 aromatic heterocycles. The van der Waals surface area contributed by atoms with Crippen LogP contribution in [0.1, 0.15) is 10.4 Å².